The second-order valence-corrected chi connectivity index (χ2v) is 7.66. The minimum Gasteiger partial charge on any atom is -0.497 e. The van der Waals surface area contributed by atoms with Crippen molar-refractivity contribution in [1.29, 1.82) is 0 Å². The Morgan fingerprint density at radius 2 is 1.37 bits per heavy atom. The highest BCUT2D eigenvalue weighted by Crippen LogP contribution is 2.39. The smallest absolute Gasteiger partial charge is 0.253 e. The summed E-state index contributed by atoms with van der Waals surface area (Å²) in [5.74, 6) is 5.95. The van der Waals surface area contributed by atoms with Gasteiger partial charge in [-0.3, -0.25) is 15.0 Å². The molecule has 0 aliphatic rings. The van der Waals surface area contributed by atoms with Gasteiger partial charge >= 0.3 is 0 Å². The van der Waals surface area contributed by atoms with Gasteiger partial charge in [0.05, 0.1) is 31.4 Å². The summed E-state index contributed by atoms with van der Waals surface area (Å²) in [4.78, 5) is 24.0. The van der Waals surface area contributed by atoms with Crippen molar-refractivity contribution in [3.63, 3.8) is 0 Å². The zero-order chi connectivity index (χ0) is 25.2. The van der Waals surface area contributed by atoms with Crippen LogP contribution in [0.25, 0.3) is 0 Å². The second kappa shape index (κ2) is 12.5. The number of amides is 2. The fourth-order valence-electron chi connectivity index (χ4n) is 3.03. The average molecular weight is 500 g/mol. The molecule has 0 atom stereocenters. The van der Waals surface area contributed by atoms with E-state index >= 15 is 0 Å². The van der Waals surface area contributed by atoms with E-state index in [0.29, 0.717) is 5.75 Å². The summed E-state index contributed by atoms with van der Waals surface area (Å²) in [5, 5.41) is 2.51. The fraction of sp³-hybridized carbons (Fsp3) is 0.200. The maximum Gasteiger partial charge on any atom is 0.253 e. The fourth-order valence-corrected chi connectivity index (χ4v) is 3.33. The van der Waals surface area contributed by atoms with Crippen LogP contribution in [0.1, 0.15) is 21.5 Å². The van der Waals surface area contributed by atoms with Crippen LogP contribution in [0.5, 0.6) is 23.0 Å². The van der Waals surface area contributed by atoms with Gasteiger partial charge in [0.25, 0.3) is 11.8 Å². The number of benzene rings is 3. The summed E-state index contributed by atoms with van der Waals surface area (Å²) in [7, 11) is 3.19. The van der Waals surface area contributed by atoms with Gasteiger partial charge in [-0.15, -0.1) is 0 Å². The third kappa shape index (κ3) is 7.02. The molecule has 0 saturated heterocycles. The van der Waals surface area contributed by atoms with E-state index in [4.69, 9.17) is 36.4 Å². The Labute approximate surface area is 208 Å². The van der Waals surface area contributed by atoms with Crippen molar-refractivity contribution in [2.45, 2.75) is 13.2 Å². The summed E-state index contributed by atoms with van der Waals surface area (Å²) < 4.78 is 22.3. The number of carbonyl (C=O) groups is 2. The first-order valence-electron chi connectivity index (χ1n) is 10.6. The van der Waals surface area contributed by atoms with Crippen LogP contribution >= 0.6 is 11.6 Å². The van der Waals surface area contributed by atoms with Gasteiger partial charge in [0.1, 0.15) is 24.7 Å². The number of hydrogen-bond acceptors (Lipinski definition) is 7. The van der Waals surface area contributed by atoms with E-state index in [1.807, 2.05) is 54.0 Å². The van der Waals surface area contributed by atoms with Gasteiger partial charge in [-0.25, -0.2) is 5.84 Å². The zero-order valence-corrected chi connectivity index (χ0v) is 20.1. The second-order valence-electron chi connectivity index (χ2n) is 7.28. The van der Waals surface area contributed by atoms with Gasteiger partial charge in [0, 0.05) is 0 Å². The molecule has 0 radical (unpaired) electrons. The lowest BCUT2D eigenvalue weighted by Gasteiger charge is -2.17. The largest absolute Gasteiger partial charge is 0.497 e. The molecule has 0 unspecified atom stereocenters. The van der Waals surface area contributed by atoms with Crippen molar-refractivity contribution in [2.24, 2.45) is 5.84 Å². The Kier molecular flexibility index (Phi) is 9.16. The van der Waals surface area contributed by atoms with E-state index in [9.17, 15) is 9.59 Å². The normalized spacial score (nSPS) is 10.3. The summed E-state index contributed by atoms with van der Waals surface area (Å²) in [6, 6.07) is 17.8. The molecule has 0 aliphatic carbocycles. The van der Waals surface area contributed by atoms with Gasteiger partial charge in [-0.1, -0.05) is 35.9 Å². The van der Waals surface area contributed by atoms with E-state index in [-0.39, 0.29) is 36.1 Å². The molecule has 2 amide bonds. The molecule has 10 heteroatoms. The average Bonchev–Trinajstić information content (AvgIpc) is 2.90. The molecule has 35 heavy (non-hydrogen) atoms. The molecule has 0 bridgehead atoms. The molecule has 0 saturated carbocycles. The molecule has 4 N–H and O–H groups in total. The predicted octanol–water partition coefficient (Wildman–Crippen LogP) is 3.23. The lowest BCUT2D eigenvalue weighted by Crippen LogP contribution is -2.40. The third-order valence-electron chi connectivity index (χ3n) is 4.97. The van der Waals surface area contributed by atoms with Crippen molar-refractivity contribution in [2.75, 3.05) is 20.8 Å². The van der Waals surface area contributed by atoms with Crippen LogP contribution in [-0.2, 0) is 18.0 Å². The number of hydrazine groups is 1. The van der Waals surface area contributed by atoms with E-state index in [0.717, 1.165) is 22.6 Å². The highest BCUT2D eigenvalue weighted by molar-refractivity contribution is 6.35. The minimum absolute atomic E-state index is 0.0522. The molecule has 3 aromatic carbocycles. The summed E-state index contributed by atoms with van der Waals surface area (Å²) >= 11 is 6.57. The Hall–Kier alpha value is -3.95. The standard InChI is InChI=1S/C25H26ClN3O6/c1-32-18-7-3-16(4-8-18)14-34-21-12-11-20(25(31)28-13-22(30)29-27)23(26)24(21)35-15-17-5-9-19(33-2)10-6-17/h3-12H,13-15,27H2,1-2H3,(H,28,31)(H,29,30). The maximum atomic E-state index is 12.6. The number of rotatable bonds is 11. The number of nitrogens with one attached hydrogen (secondary N) is 2. The lowest BCUT2D eigenvalue weighted by molar-refractivity contribution is -0.120. The van der Waals surface area contributed by atoms with Crippen LogP contribution < -0.4 is 35.5 Å². The van der Waals surface area contributed by atoms with Crippen LogP contribution in [0.2, 0.25) is 5.02 Å². The van der Waals surface area contributed by atoms with Gasteiger partial charge in [-0.05, 0) is 47.5 Å². The van der Waals surface area contributed by atoms with Gasteiger partial charge in [0.15, 0.2) is 11.5 Å². The van der Waals surface area contributed by atoms with Crippen molar-refractivity contribution in [3.8, 4) is 23.0 Å². The van der Waals surface area contributed by atoms with E-state index in [2.05, 4.69) is 5.32 Å². The Morgan fingerprint density at radius 1 is 0.829 bits per heavy atom. The molecule has 0 aromatic heterocycles. The highest BCUT2D eigenvalue weighted by Gasteiger charge is 2.20. The molecule has 0 heterocycles. The van der Waals surface area contributed by atoms with Crippen LogP contribution in [0.3, 0.4) is 0 Å². The van der Waals surface area contributed by atoms with E-state index in [1.54, 1.807) is 20.3 Å². The van der Waals surface area contributed by atoms with Crippen LogP contribution in [-0.4, -0.2) is 32.6 Å². The molecular formula is C25H26ClN3O6. The molecule has 0 spiro atoms. The van der Waals surface area contributed by atoms with Crippen molar-refractivity contribution in [3.05, 3.63) is 82.4 Å². The third-order valence-corrected chi connectivity index (χ3v) is 5.35. The number of hydrogen-bond donors (Lipinski definition) is 3. The van der Waals surface area contributed by atoms with Gasteiger partial charge in [-0.2, -0.15) is 0 Å². The summed E-state index contributed by atoms with van der Waals surface area (Å²) in [5.41, 5.74) is 3.83. The Morgan fingerprint density at radius 3 is 1.89 bits per heavy atom. The first-order valence-corrected chi connectivity index (χ1v) is 10.9. The van der Waals surface area contributed by atoms with E-state index in [1.165, 1.54) is 6.07 Å². The molecule has 0 fully saturated rings. The minimum atomic E-state index is -0.561. The number of carbonyl (C=O) groups excluding carboxylic acids is 2. The van der Waals surface area contributed by atoms with Crippen LogP contribution in [0.15, 0.2) is 60.7 Å². The lowest BCUT2D eigenvalue weighted by atomic mass is 10.1. The highest BCUT2D eigenvalue weighted by atomic mass is 35.5. The first kappa shape index (κ1) is 25.7. The number of halogens is 1. The van der Waals surface area contributed by atoms with Crippen molar-refractivity contribution >= 4 is 23.4 Å². The van der Waals surface area contributed by atoms with Gasteiger partial charge in [0.2, 0.25) is 0 Å². The van der Waals surface area contributed by atoms with Crippen molar-refractivity contribution < 1.29 is 28.5 Å². The number of ether oxygens (including phenoxy) is 4. The molecular weight excluding hydrogens is 474 g/mol. The van der Waals surface area contributed by atoms with Gasteiger partial charge < -0.3 is 24.3 Å². The topological polar surface area (TPSA) is 121 Å². The number of nitrogens with two attached hydrogens (primary N) is 1. The quantitative estimate of drug-likeness (QED) is 0.210. The molecule has 3 rings (SSSR count). The molecule has 184 valence electrons. The Bertz CT molecular complexity index is 1150. The molecule has 3 aromatic rings. The Balaban J connectivity index is 1.82. The molecule has 9 nitrogen and oxygen atoms in total. The maximum absolute atomic E-state index is 12.6. The zero-order valence-electron chi connectivity index (χ0n) is 19.3. The monoisotopic (exact) mass is 499 g/mol. The summed E-state index contributed by atoms with van der Waals surface area (Å²) in [6.07, 6.45) is 0. The molecule has 0 aliphatic heterocycles. The number of methoxy groups -OCH3 is 2. The predicted molar refractivity (Wildman–Crippen MR) is 131 cm³/mol. The first-order chi connectivity index (χ1) is 16.9. The van der Waals surface area contributed by atoms with E-state index < -0.39 is 11.8 Å². The van der Waals surface area contributed by atoms with Crippen molar-refractivity contribution in [1.82, 2.24) is 10.7 Å². The van der Waals surface area contributed by atoms with Crippen LogP contribution in [0.4, 0.5) is 0 Å². The van der Waals surface area contributed by atoms with Crippen LogP contribution in [0, 0.1) is 0 Å². The summed E-state index contributed by atoms with van der Waals surface area (Å²) in [6.45, 7) is 0.105. The SMILES string of the molecule is COc1ccc(COc2ccc(C(=O)NCC(=O)NN)c(Cl)c2OCc2ccc(OC)cc2)cc1.